The van der Waals surface area contributed by atoms with Gasteiger partial charge in [0.1, 0.15) is 6.04 Å². The van der Waals surface area contributed by atoms with Crippen LogP contribution in [0.1, 0.15) is 25.3 Å². The van der Waals surface area contributed by atoms with Gasteiger partial charge >= 0.3 is 12.0 Å². The number of hydrogen-bond donors (Lipinski definition) is 2. The molecule has 1 heterocycles. The number of benzene rings is 2. The third kappa shape index (κ3) is 7.46. The van der Waals surface area contributed by atoms with Crippen LogP contribution in [0.15, 0.2) is 54.6 Å². The zero-order chi connectivity index (χ0) is 24.3. The van der Waals surface area contributed by atoms with Crippen LogP contribution in [0.2, 0.25) is 5.02 Å². The molecule has 0 aliphatic carbocycles. The highest BCUT2D eigenvalue weighted by molar-refractivity contribution is 6.33. The largest absolute Gasteiger partial charge is 0.466 e. The number of anilines is 1. The summed E-state index contributed by atoms with van der Waals surface area (Å²) in [7, 11) is 0. The van der Waals surface area contributed by atoms with E-state index >= 15 is 0 Å². The Labute approximate surface area is 204 Å². The van der Waals surface area contributed by atoms with Gasteiger partial charge in [0, 0.05) is 13.1 Å². The molecule has 2 aromatic carbocycles. The van der Waals surface area contributed by atoms with Crippen LogP contribution in [0.3, 0.4) is 0 Å². The molecule has 0 bridgehead atoms. The molecule has 182 valence electrons. The Bertz CT molecular complexity index is 964. The van der Waals surface area contributed by atoms with Crippen molar-refractivity contribution in [3.8, 4) is 0 Å². The Morgan fingerprint density at radius 2 is 1.74 bits per heavy atom. The fourth-order valence-electron chi connectivity index (χ4n) is 3.74. The molecule has 1 saturated heterocycles. The van der Waals surface area contributed by atoms with Crippen molar-refractivity contribution < 1.29 is 23.9 Å². The molecular weight excluding hydrogens is 458 g/mol. The summed E-state index contributed by atoms with van der Waals surface area (Å²) in [5, 5.41) is 5.78. The second kappa shape index (κ2) is 13.0. The second-order valence-corrected chi connectivity index (χ2v) is 8.39. The van der Waals surface area contributed by atoms with Gasteiger partial charge in [0.15, 0.2) is 0 Å². The van der Waals surface area contributed by atoms with E-state index in [4.69, 9.17) is 21.1 Å². The highest BCUT2D eigenvalue weighted by Crippen LogP contribution is 2.21. The van der Waals surface area contributed by atoms with Crippen LogP contribution >= 0.6 is 11.6 Å². The summed E-state index contributed by atoms with van der Waals surface area (Å²) < 4.78 is 10.9. The summed E-state index contributed by atoms with van der Waals surface area (Å²) in [5.74, 6) is -0.701. The third-order valence-corrected chi connectivity index (χ3v) is 5.88. The molecule has 3 rings (SSSR count). The Hall–Kier alpha value is -3.10. The van der Waals surface area contributed by atoms with Crippen LogP contribution in [-0.2, 0) is 25.7 Å². The van der Waals surface area contributed by atoms with Gasteiger partial charge in [-0.15, -0.1) is 0 Å². The Kier molecular flexibility index (Phi) is 9.73. The molecule has 8 nitrogen and oxygen atoms in total. The lowest BCUT2D eigenvalue weighted by atomic mass is 9.96. The number of nitrogens with zero attached hydrogens (tertiary/aromatic N) is 1. The SMILES string of the molecule is CCOC(=O)C1CCN(C(=O)[C@@H](COCc2ccccc2)NC(=O)Nc2ccccc2Cl)CC1. The van der Waals surface area contributed by atoms with E-state index in [1.807, 2.05) is 30.3 Å². The minimum Gasteiger partial charge on any atom is -0.466 e. The third-order valence-electron chi connectivity index (χ3n) is 5.55. The van der Waals surface area contributed by atoms with Gasteiger partial charge in [-0.25, -0.2) is 4.79 Å². The monoisotopic (exact) mass is 487 g/mol. The molecule has 2 N–H and O–H groups in total. The maximum absolute atomic E-state index is 13.3. The average Bonchev–Trinajstić information content (AvgIpc) is 2.85. The molecule has 0 aromatic heterocycles. The molecule has 34 heavy (non-hydrogen) atoms. The number of carbonyl (C=O) groups is 3. The maximum atomic E-state index is 13.3. The second-order valence-electron chi connectivity index (χ2n) is 7.98. The van der Waals surface area contributed by atoms with E-state index in [-0.39, 0.29) is 24.4 Å². The quantitative estimate of drug-likeness (QED) is 0.524. The smallest absolute Gasteiger partial charge is 0.320 e. The number of piperidine rings is 1. The molecule has 9 heteroatoms. The number of rotatable bonds is 9. The number of esters is 1. The van der Waals surface area contributed by atoms with E-state index in [0.29, 0.717) is 49.9 Å². The lowest BCUT2D eigenvalue weighted by molar-refractivity contribution is -0.151. The van der Waals surface area contributed by atoms with Crippen molar-refractivity contribution >= 4 is 35.2 Å². The van der Waals surface area contributed by atoms with Crippen LogP contribution in [0.4, 0.5) is 10.5 Å². The summed E-state index contributed by atoms with van der Waals surface area (Å²) in [6.07, 6.45) is 1.04. The van der Waals surface area contributed by atoms with Gasteiger partial charge in [0.25, 0.3) is 0 Å². The number of hydrogen-bond acceptors (Lipinski definition) is 5. The average molecular weight is 488 g/mol. The van der Waals surface area contributed by atoms with Gasteiger partial charge in [0.2, 0.25) is 5.91 Å². The van der Waals surface area contributed by atoms with Crippen molar-refractivity contribution in [1.29, 1.82) is 0 Å². The van der Waals surface area contributed by atoms with E-state index < -0.39 is 12.1 Å². The first kappa shape index (κ1) is 25.5. The topological polar surface area (TPSA) is 97.0 Å². The Morgan fingerprint density at radius 1 is 1.06 bits per heavy atom. The molecule has 0 spiro atoms. The van der Waals surface area contributed by atoms with E-state index in [1.165, 1.54) is 0 Å². The Balaban J connectivity index is 1.61. The predicted molar refractivity (Wildman–Crippen MR) is 129 cm³/mol. The number of para-hydroxylation sites is 1. The summed E-state index contributed by atoms with van der Waals surface area (Å²) in [6, 6.07) is 15.0. The maximum Gasteiger partial charge on any atom is 0.320 e. The van der Waals surface area contributed by atoms with Crippen molar-refractivity contribution in [2.24, 2.45) is 5.92 Å². The normalized spacial score (nSPS) is 14.8. The van der Waals surface area contributed by atoms with Crippen LogP contribution in [0.5, 0.6) is 0 Å². The first-order chi connectivity index (χ1) is 16.5. The van der Waals surface area contributed by atoms with Gasteiger partial charge in [-0.05, 0) is 37.5 Å². The fraction of sp³-hybridized carbons (Fsp3) is 0.400. The molecule has 1 atom stereocenters. The van der Waals surface area contributed by atoms with Gasteiger partial charge in [-0.1, -0.05) is 54.1 Å². The molecule has 3 amide bonds. The van der Waals surface area contributed by atoms with Gasteiger partial charge in [0.05, 0.1) is 36.4 Å². The molecule has 2 aromatic rings. The zero-order valence-electron chi connectivity index (χ0n) is 19.2. The molecule has 1 aliphatic rings. The van der Waals surface area contributed by atoms with Gasteiger partial charge in [-0.2, -0.15) is 0 Å². The lowest BCUT2D eigenvalue weighted by Gasteiger charge is -2.33. The van der Waals surface area contributed by atoms with Crippen LogP contribution in [0, 0.1) is 5.92 Å². The highest BCUT2D eigenvalue weighted by Gasteiger charge is 2.32. The fourth-order valence-corrected chi connectivity index (χ4v) is 3.92. The molecule has 1 fully saturated rings. The number of likely N-dealkylation sites (tertiary alicyclic amines) is 1. The number of halogens is 1. The molecular formula is C25H30ClN3O5. The van der Waals surface area contributed by atoms with Crippen molar-refractivity contribution in [3.05, 3.63) is 65.2 Å². The number of carbonyl (C=O) groups excluding carboxylic acids is 3. The molecule has 0 radical (unpaired) electrons. The van der Waals surface area contributed by atoms with Crippen molar-refractivity contribution in [1.82, 2.24) is 10.2 Å². The summed E-state index contributed by atoms with van der Waals surface area (Å²) in [6.45, 7) is 3.24. The van der Waals surface area contributed by atoms with E-state index in [9.17, 15) is 14.4 Å². The Morgan fingerprint density at radius 3 is 2.41 bits per heavy atom. The number of urea groups is 1. The summed E-state index contributed by atoms with van der Waals surface area (Å²) in [4.78, 5) is 39.6. The van der Waals surface area contributed by atoms with Gasteiger partial charge < -0.3 is 25.0 Å². The van der Waals surface area contributed by atoms with E-state index in [2.05, 4.69) is 10.6 Å². The van der Waals surface area contributed by atoms with Crippen LogP contribution < -0.4 is 10.6 Å². The summed E-state index contributed by atoms with van der Waals surface area (Å²) in [5.41, 5.74) is 1.40. The zero-order valence-corrected chi connectivity index (χ0v) is 19.9. The van der Waals surface area contributed by atoms with E-state index in [0.717, 1.165) is 5.56 Å². The number of nitrogens with one attached hydrogen (secondary N) is 2. The van der Waals surface area contributed by atoms with Crippen molar-refractivity contribution in [3.63, 3.8) is 0 Å². The minimum atomic E-state index is -0.898. The van der Waals surface area contributed by atoms with Crippen molar-refractivity contribution in [2.45, 2.75) is 32.4 Å². The molecule has 0 unspecified atom stereocenters. The predicted octanol–water partition coefficient (Wildman–Crippen LogP) is 3.85. The first-order valence-electron chi connectivity index (χ1n) is 11.4. The molecule has 0 saturated carbocycles. The van der Waals surface area contributed by atoms with E-state index in [1.54, 1.807) is 36.1 Å². The first-order valence-corrected chi connectivity index (χ1v) is 11.7. The highest BCUT2D eigenvalue weighted by atomic mass is 35.5. The number of ether oxygens (including phenoxy) is 2. The number of amides is 3. The van der Waals surface area contributed by atoms with Crippen molar-refractivity contribution in [2.75, 3.05) is 31.6 Å². The standard InChI is InChI=1S/C25H30ClN3O5/c1-2-34-24(31)19-12-14-29(15-13-19)23(30)22(17-33-16-18-8-4-3-5-9-18)28-25(32)27-21-11-7-6-10-20(21)26/h3-11,19,22H,2,12-17H2,1H3,(H2,27,28,32)/t22-/m1/s1. The summed E-state index contributed by atoms with van der Waals surface area (Å²) >= 11 is 6.12. The van der Waals surface area contributed by atoms with Crippen LogP contribution in [0.25, 0.3) is 0 Å². The van der Waals surface area contributed by atoms with Crippen LogP contribution in [-0.4, -0.2) is 55.2 Å². The minimum absolute atomic E-state index is 0.00146. The molecule has 1 aliphatic heterocycles. The van der Waals surface area contributed by atoms with Gasteiger partial charge in [-0.3, -0.25) is 9.59 Å². The lowest BCUT2D eigenvalue weighted by Crippen LogP contribution is -2.54.